The van der Waals surface area contributed by atoms with E-state index in [2.05, 4.69) is 5.32 Å². The molecule has 1 N–H and O–H groups in total. The van der Waals surface area contributed by atoms with Crippen LogP contribution in [-0.2, 0) is 9.59 Å². The predicted molar refractivity (Wildman–Crippen MR) is 130 cm³/mol. The molecule has 0 atom stereocenters. The predicted octanol–water partition coefficient (Wildman–Crippen LogP) is 6.05. The van der Waals surface area contributed by atoms with Crippen molar-refractivity contribution in [1.29, 1.82) is 0 Å². The van der Waals surface area contributed by atoms with E-state index in [-0.39, 0.29) is 11.8 Å². The number of benzene rings is 2. The van der Waals surface area contributed by atoms with Crippen molar-refractivity contribution in [3.05, 3.63) is 69.6 Å². The second-order valence-corrected chi connectivity index (χ2v) is 9.22. The second-order valence-electron chi connectivity index (χ2n) is 7.11. The summed E-state index contributed by atoms with van der Waals surface area (Å²) in [4.78, 5) is 27.0. The van der Waals surface area contributed by atoms with E-state index in [4.69, 9.17) is 23.8 Å². The highest BCUT2D eigenvalue weighted by Gasteiger charge is 2.31. The van der Waals surface area contributed by atoms with E-state index >= 15 is 0 Å². The van der Waals surface area contributed by atoms with E-state index in [0.29, 0.717) is 27.2 Å². The number of thiocarbonyl (C=S) groups is 1. The van der Waals surface area contributed by atoms with Crippen LogP contribution in [0.25, 0.3) is 6.08 Å². The molecule has 2 aromatic rings. The molecule has 0 unspecified atom stereocenters. The Bertz CT molecular complexity index is 956. The van der Waals surface area contributed by atoms with Gasteiger partial charge in [0.15, 0.2) is 0 Å². The summed E-state index contributed by atoms with van der Waals surface area (Å²) in [7, 11) is 0. The summed E-state index contributed by atoms with van der Waals surface area (Å²) in [6, 6.07) is 15.1. The summed E-state index contributed by atoms with van der Waals surface area (Å²) in [6.45, 7) is 2.61. The molecule has 2 amide bonds. The van der Waals surface area contributed by atoms with Gasteiger partial charge in [0, 0.05) is 23.7 Å². The van der Waals surface area contributed by atoms with Crippen LogP contribution in [0, 0.1) is 6.92 Å². The zero-order valence-electron chi connectivity index (χ0n) is 16.7. The first-order valence-electron chi connectivity index (χ1n) is 9.80. The second kappa shape index (κ2) is 10.8. The van der Waals surface area contributed by atoms with Crippen LogP contribution in [0.15, 0.2) is 53.4 Å². The molecule has 1 heterocycles. The molecule has 1 aliphatic rings. The highest BCUT2D eigenvalue weighted by atomic mass is 35.5. The molecule has 156 valence electrons. The number of carbonyl (C=O) groups is 2. The van der Waals surface area contributed by atoms with Gasteiger partial charge in [0.25, 0.3) is 5.91 Å². The third kappa shape index (κ3) is 6.42. The standard InChI is InChI=1S/C23H23ClN2O2S2/c1-16-6-8-17(9-7-16)15-20-22(28)26(23(29)30-20)14-4-2-3-5-21(27)25-19-12-10-18(24)11-13-19/h6-13,15H,2-5,14H2,1H3,(H,25,27)/b20-15-. The fourth-order valence-corrected chi connectivity index (χ4v) is 4.43. The van der Waals surface area contributed by atoms with Crippen LogP contribution in [0.1, 0.15) is 36.8 Å². The zero-order valence-corrected chi connectivity index (χ0v) is 19.1. The first kappa shape index (κ1) is 22.5. The minimum absolute atomic E-state index is 0.0241. The molecule has 0 saturated carbocycles. The number of carbonyl (C=O) groups excluding carboxylic acids is 2. The topological polar surface area (TPSA) is 49.4 Å². The SMILES string of the molecule is Cc1ccc(/C=C2\SC(=S)N(CCCCCC(=O)Nc3ccc(Cl)cc3)C2=O)cc1. The number of rotatable bonds is 8. The van der Waals surface area contributed by atoms with Crippen LogP contribution in [0.5, 0.6) is 0 Å². The monoisotopic (exact) mass is 458 g/mol. The Morgan fingerprint density at radius 3 is 2.50 bits per heavy atom. The van der Waals surface area contributed by atoms with Crippen LogP contribution in [0.3, 0.4) is 0 Å². The molecule has 1 aliphatic heterocycles. The minimum Gasteiger partial charge on any atom is -0.326 e. The molecule has 3 rings (SSSR count). The number of thioether (sulfide) groups is 1. The van der Waals surface area contributed by atoms with Gasteiger partial charge in [-0.15, -0.1) is 0 Å². The summed E-state index contributed by atoms with van der Waals surface area (Å²) in [5.74, 6) is -0.0602. The minimum atomic E-state index is -0.0361. The quantitative estimate of drug-likeness (QED) is 0.297. The molecular formula is C23H23ClN2O2S2. The third-order valence-corrected chi connectivity index (χ3v) is 6.29. The average Bonchev–Trinajstić information content (AvgIpc) is 2.98. The van der Waals surface area contributed by atoms with Crippen LogP contribution >= 0.6 is 35.6 Å². The van der Waals surface area contributed by atoms with Gasteiger partial charge >= 0.3 is 0 Å². The maximum Gasteiger partial charge on any atom is 0.266 e. The largest absolute Gasteiger partial charge is 0.326 e. The van der Waals surface area contributed by atoms with Crippen molar-refractivity contribution < 1.29 is 9.59 Å². The van der Waals surface area contributed by atoms with E-state index in [1.807, 2.05) is 37.3 Å². The fourth-order valence-electron chi connectivity index (χ4n) is 3.00. The number of nitrogens with zero attached hydrogens (tertiary/aromatic N) is 1. The van der Waals surface area contributed by atoms with Gasteiger partial charge in [-0.1, -0.05) is 71.8 Å². The molecule has 4 nitrogen and oxygen atoms in total. The number of unbranched alkanes of at least 4 members (excludes halogenated alkanes) is 2. The number of anilines is 1. The summed E-state index contributed by atoms with van der Waals surface area (Å²) >= 11 is 12.6. The lowest BCUT2D eigenvalue weighted by atomic mass is 10.1. The molecule has 0 aromatic heterocycles. The van der Waals surface area contributed by atoms with Gasteiger partial charge in [0.2, 0.25) is 5.91 Å². The lowest BCUT2D eigenvalue weighted by Crippen LogP contribution is -2.29. The Morgan fingerprint density at radius 1 is 1.10 bits per heavy atom. The van der Waals surface area contributed by atoms with Crippen LogP contribution in [-0.4, -0.2) is 27.6 Å². The lowest BCUT2D eigenvalue weighted by Gasteiger charge is -2.14. The molecule has 1 saturated heterocycles. The molecular weight excluding hydrogens is 436 g/mol. The van der Waals surface area contributed by atoms with Crippen molar-refractivity contribution in [2.45, 2.75) is 32.6 Å². The van der Waals surface area contributed by atoms with Crippen molar-refractivity contribution in [3.8, 4) is 0 Å². The summed E-state index contributed by atoms with van der Waals surface area (Å²) in [5, 5.41) is 3.49. The average molecular weight is 459 g/mol. The lowest BCUT2D eigenvalue weighted by molar-refractivity contribution is -0.122. The molecule has 0 aliphatic carbocycles. The van der Waals surface area contributed by atoms with Gasteiger partial charge in [-0.3, -0.25) is 14.5 Å². The van der Waals surface area contributed by atoms with E-state index in [0.717, 1.165) is 30.5 Å². The highest BCUT2D eigenvalue weighted by Crippen LogP contribution is 2.32. The number of nitrogens with one attached hydrogen (secondary N) is 1. The van der Waals surface area contributed by atoms with Gasteiger partial charge < -0.3 is 5.32 Å². The smallest absolute Gasteiger partial charge is 0.266 e. The summed E-state index contributed by atoms with van der Waals surface area (Å²) < 4.78 is 0.596. The molecule has 0 spiro atoms. The van der Waals surface area contributed by atoms with Crippen LogP contribution in [0.2, 0.25) is 5.02 Å². The van der Waals surface area contributed by atoms with Crippen molar-refractivity contribution in [2.24, 2.45) is 0 Å². The van der Waals surface area contributed by atoms with Crippen LogP contribution in [0.4, 0.5) is 5.69 Å². The van der Waals surface area contributed by atoms with Crippen molar-refractivity contribution >= 4 is 63.5 Å². The maximum absolute atomic E-state index is 12.7. The Balaban J connectivity index is 1.40. The normalized spacial score (nSPS) is 15.1. The van der Waals surface area contributed by atoms with Crippen molar-refractivity contribution in [3.63, 3.8) is 0 Å². The summed E-state index contributed by atoms with van der Waals surface area (Å²) in [5.41, 5.74) is 2.91. The molecule has 0 radical (unpaired) electrons. The third-order valence-electron chi connectivity index (χ3n) is 4.66. The Labute approximate surface area is 191 Å². The van der Waals surface area contributed by atoms with E-state index < -0.39 is 0 Å². The molecule has 2 aromatic carbocycles. The molecule has 0 bridgehead atoms. The number of halogens is 1. The van der Waals surface area contributed by atoms with E-state index in [1.54, 1.807) is 29.2 Å². The number of hydrogen-bond acceptors (Lipinski definition) is 4. The molecule has 30 heavy (non-hydrogen) atoms. The van der Waals surface area contributed by atoms with Gasteiger partial charge in [-0.25, -0.2) is 0 Å². The number of hydrogen-bond donors (Lipinski definition) is 1. The Kier molecular flexibility index (Phi) is 8.08. The molecule has 7 heteroatoms. The molecule has 1 fully saturated rings. The van der Waals surface area contributed by atoms with Gasteiger partial charge in [0.1, 0.15) is 4.32 Å². The van der Waals surface area contributed by atoms with Crippen LogP contribution < -0.4 is 5.32 Å². The van der Waals surface area contributed by atoms with Crippen molar-refractivity contribution in [1.82, 2.24) is 4.90 Å². The number of amides is 2. The Morgan fingerprint density at radius 2 is 1.80 bits per heavy atom. The zero-order chi connectivity index (χ0) is 21.5. The highest BCUT2D eigenvalue weighted by molar-refractivity contribution is 8.26. The Hall–Kier alpha value is -2.15. The summed E-state index contributed by atoms with van der Waals surface area (Å²) in [6.07, 6.45) is 4.74. The van der Waals surface area contributed by atoms with Gasteiger partial charge in [-0.2, -0.15) is 0 Å². The van der Waals surface area contributed by atoms with Gasteiger partial charge in [0.05, 0.1) is 4.91 Å². The first-order chi connectivity index (χ1) is 14.4. The van der Waals surface area contributed by atoms with Gasteiger partial charge in [-0.05, 0) is 55.7 Å². The van der Waals surface area contributed by atoms with E-state index in [9.17, 15) is 9.59 Å². The first-order valence-corrected chi connectivity index (χ1v) is 11.4. The fraction of sp³-hybridized carbons (Fsp3) is 0.261. The van der Waals surface area contributed by atoms with E-state index in [1.165, 1.54) is 17.3 Å². The maximum atomic E-state index is 12.7. The van der Waals surface area contributed by atoms with Crippen molar-refractivity contribution in [2.75, 3.05) is 11.9 Å². The number of aryl methyl sites for hydroxylation is 1.